The van der Waals surface area contributed by atoms with Crippen molar-refractivity contribution >= 4 is 5.97 Å². The van der Waals surface area contributed by atoms with E-state index in [4.69, 9.17) is 15.2 Å². The van der Waals surface area contributed by atoms with E-state index < -0.39 is 0 Å². The van der Waals surface area contributed by atoms with E-state index in [-0.39, 0.29) is 12.6 Å². The van der Waals surface area contributed by atoms with Crippen molar-refractivity contribution in [1.82, 2.24) is 0 Å². The predicted octanol–water partition coefficient (Wildman–Crippen LogP) is 3.43. The maximum Gasteiger partial charge on any atom is 0.344 e. The molecule has 0 amide bonds. The number of nitrogens with two attached hydrogens (primary N) is 1. The number of hydrogen-bond acceptors (Lipinski definition) is 4. The molecule has 0 bridgehead atoms. The van der Waals surface area contributed by atoms with E-state index >= 15 is 0 Å². The lowest BCUT2D eigenvalue weighted by Gasteiger charge is -2.43. The average Bonchev–Trinajstić information content (AvgIpc) is 2.53. The summed E-state index contributed by atoms with van der Waals surface area (Å²) in [6.45, 7) is 5.11. The molecule has 0 saturated heterocycles. The van der Waals surface area contributed by atoms with E-state index in [1.807, 2.05) is 12.1 Å². The van der Waals surface area contributed by atoms with Gasteiger partial charge < -0.3 is 15.2 Å². The fraction of sp³-hybridized carbons (Fsp3) is 0.632. The van der Waals surface area contributed by atoms with Gasteiger partial charge in [-0.3, -0.25) is 0 Å². The third-order valence-corrected chi connectivity index (χ3v) is 4.96. The van der Waals surface area contributed by atoms with Crippen molar-refractivity contribution in [3.63, 3.8) is 0 Å². The summed E-state index contributed by atoms with van der Waals surface area (Å²) in [6.07, 6.45) is 6.20. The second-order valence-electron chi connectivity index (χ2n) is 6.63. The summed E-state index contributed by atoms with van der Waals surface area (Å²) in [7, 11) is 0. The van der Waals surface area contributed by atoms with Gasteiger partial charge in [0.2, 0.25) is 0 Å². The van der Waals surface area contributed by atoms with Crippen LogP contribution in [0, 0.1) is 5.92 Å². The first kappa shape index (κ1) is 17.8. The lowest BCUT2D eigenvalue weighted by atomic mass is 9.61. The quantitative estimate of drug-likeness (QED) is 0.708. The lowest BCUT2D eigenvalue weighted by molar-refractivity contribution is -0.145. The topological polar surface area (TPSA) is 61.5 Å². The minimum absolute atomic E-state index is 0.0354. The minimum atomic E-state index is -0.331. The molecule has 0 aliphatic heterocycles. The molecule has 0 aromatic heterocycles. The number of rotatable bonds is 9. The highest BCUT2D eigenvalue weighted by molar-refractivity contribution is 5.71. The summed E-state index contributed by atoms with van der Waals surface area (Å²) in [5.41, 5.74) is 7.45. The Morgan fingerprint density at radius 2 is 2.00 bits per heavy atom. The van der Waals surface area contributed by atoms with Gasteiger partial charge in [-0.15, -0.1) is 0 Å². The summed E-state index contributed by atoms with van der Waals surface area (Å²) in [4.78, 5) is 11.3. The second-order valence-corrected chi connectivity index (χ2v) is 6.63. The van der Waals surface area contributed by atoms with E-state index in [1.54, 1.807) is 6.92 Å². The van der Waals surface area contributed by atoms with Crippen LogP contribution in [0.25, 0.3) is 0 Å². The number of hydrogen-bond donors (Lipinski definition) is 1. The van der Waals surface area contributed by atoms with Gasteiger partial charge >= 0.3 is 5.97 Å². The molecule has 1 unspecified atom stereocenters. The molecule has 1 fully saturated rings. The van der Waals surface area contributed by atoms with Crippen LogP contribution in [0.2, 0.25) is 0 Å². The molecule has 0 heterocycles. The van der Waals surface area contributed by atoms with Gasteiger partial charge in [-0.25, -0.2) is 4.79 Å². The zero-order chi connectivity index (χ0) is 16.7. The highest BCUT2D eigenvalue weighted by atomic mass is 16.6. The largest absolute Gasteiger partial charge is 0.482 e. The molecule has 0 spiro atoms. The molecule has 2 rings (SSSR count). The number of ether oxygens (including phenoxy) is 2. The number of carbonyl (C=O) groups is 1. The van der Waals surface area contributed by atoms with Crippen molar-refractivity contribution in [1.29, 1.82) is 0 Å². The maximum absolute atomic E-state index is 11.3. The van der Waals surface area contributed by atoms with Crippen molar-refractivity contribution in [3.05, 3.63) is 29.8 Å². The molecule has 1 aliphatic carbocycles. The summed E-state index contributed by atoms with van der Waals surface area (Å²) >= 11 is 0. The minimum Gasteiger partial charge on any atom is -0.482 e. The maximum atomic E-state index is 11.3. The first-order valence-electron chi connectivity index (χ1n) is 8.68. The fourth-order valence-electron chi connectivity index (χ4n) is 3.18. The molecule has 128 valence electrons. The fourth-order valence-corrected chi connectivity index (χ4v) is 3.18. The van der Waals surface area contributed by atoms with Crippen molar-refractivity contribution in [2.45, 2.75) is 51.4 Å². The van der Waals surface area contributed by atoms with Gasteiger partial charge in [0, 0.05) is 0 Å². The molecule has 4 nitrogen and oxygen atoms in total. The second kappa shape index (κ2) is 8.34. The molecular formula is C19H29NO3. The Kier molecular flexibility index (Phi) is 6.46. The van der Waals surface area contributed by atoms with Gasteiger partial charge in [-0.05, 0) is 68.2 Å². The molecule has 1 atom stereocenters. The van der Waals surface area contributed by atoms with Crippen LogP contribution >= 0.6 is 0 Å². The van der Waals surface area contributed by atoms with Crippen molar-refractivity contribution < 1.29 is 14.3 Å². The van der Waals surface area contributed by atoms with Gasteiger partial charge in [0.25, 0.3) is 0 Å². The molecule has 4 heteroatoms. The first-order valence-corrected chi connectivity index (χ1v) is 8.68. The molecular weight excluding hydrogens is 290 g/mol. The summed E-state index contributed by atoms with van der Waals surface area (Å²) in [5.74, 6) is 0.967. The van der Waals surface area contributed by atoms with Gasteiger partial charge in [-0.1, -0.05) is 25.5 Å². The van der Waals surface area contributed by atoms with Crippen LogP contribution in [0.4, 0.5) is 0 Å². The number of esters is 1. The monoisotopic (exact) mass is 319 g/mol. The molecule has 1 aromatic rings. The summed E-state index contributed by atoms with van der Waals surface area (Å²) < 4.78 is 10.3. The third kappa shape index (κ3) is 4.71. The Bertz CT molecular complexity index is 494. The Morgan fingerprint density at radius 3 is 2.52 bits per heavy atom. The van der Waals surface area contributed by atoms with Crippen molar-refractivity contribution in [2.75, 3.05) is 19.8 Å². The van der Waals surface area contributed by atoms with Crippen LogP contribution in [0.15, 0.2) is 24.3 Å². The summed E-state index contributed by atoms with van der Waals surface area (Å²) in [5, 5.41) is 0. The molecule has 1 aromatic carbocycles. The molecule has 0 radical (unpaired) electrons. The smallest absolute Gasteiger partial charge is 0.344 e. The number of carbonyl (C=O) groups excluding carboxylic acids is 1. The van der Waals surface area contributed by atoms with Crippen molar-refractivity contribution in [3.8, 4) is 5.75 Å². The third-order valence-electron chi connectivity index (χ3n) is 4.96. The van der Waals surface area contributed by atoms with Gasteiger partial charge in [0.15, 0.2) is 6.61 Å². The van der Waals surface area contributed by atoms with Crippen LogP contribution in [-0.2, 0) is 14.9 Å². The first-order chi connectivity index (χ1) is 11.1. The van der Waals surface area contributed by atoms with Crippen molar-refractivity contribution in [2.24, 2.45) is 11.7 Å². The highest BCUT2D eigenvalue weighted by Crippen LogP contribution is 2.48. The molecule has 23 heavy (non-hydrogen) atoms. The Balaban J connectivity index is 1.93. The van der Waals surface area contributed by atoms with Crippen LogP contribution in [0.5, 0.6) is 5.75 Å². The van der Waals surface area contributed by atoms with Crippen LogP contribution in [0.3, 0.4) is 0 Å². The molecule has 2 N–H and O–H groups in total. The van der Waals surface area contributed by atoms with Gasteiger partial charge in [0.1, 0.15) is 5.75 Å². The SMILES string of the molecule is CCOC(=O)COc1ccc(C2(CCC(C)CN)CCC2)cc1. The lowest BCUT2D eigenvalue weighted by Crippen LogP contribution is -2.35. The average molecular weight is 319 g/mol. The van der Waals surface area contributed by atoms with Crippen LogP contribution in [-0.4, -0.2) is 25.7 Å². The normalized spacial score (nSPS) is 17.2. The van der Waals surface area contributed by atoms with E-state index in [1.165, 1.54) is 37.7 Å². The van der Waals surface area contributed by atoms with Gasteiger partial charge in [-0.2, -0.15) is 0 Å². The standard InChI is InChI=1S/C19H29NO3/c1-3-22-18(21)14-23-17-7-5-16(6-8-17)19(10-4-11-19)12-9-15(2)13-20/h5-8,15H,3-4,9-14,20H2,1-2H3. The Morgan fingerprint density at radius 1 is 1.30 bits per heavy atom. The Hall–Kier alpha value is -1.55. The van der Waals surface area contributed by atoms with E-state index in [0.29, 0.717) is 23.7 Å². The van der Waals surface area contributed by atoms with Gasteiger partial charge in [0.05, 0.1) is 6.61 Å². The zero-order valence-electron chi connectivity index (χ0n) is 14.3. The van der Waals surface area contributed by atoms with E-state index in [0.717, 1.165) is 6.54 Å². The highest BCUT2D eigenvalue weighted by Gasteiger charge is 2.38. The Labute approximate surface area is 139 Å². The zero-order valence-corrected chi connectivity index (χ0v) is 14.3. The van der Waals surface area contributed by atoms with E-state index in [9.17, 15) is 4.79 Å². The summed E-state index contributed by atoms with van der Waals surface area (Å²) in [6, 6.07) is 8.21. The van der Waals surface area contributed by atoms with Crippen LogP contribution in [0.1, 0.15) is 51.5 Å². The molecule has 1 saturated carbocycles. The number of benzene rings is 1. The van der Waals surface area contributed by atoms with Crippen LogP contribution < -0.4 is 10.5 Å². The molecule has 1 aliphatic rings. The van der Waals surface area contributed by atoms with E-state index in [2.05, 4.69) is 19.1 Å². The predicted molar refractivity (Wildman–Crippen MR) is 91.6 cm³/mol.